The van der Waals surface area contributed by atoms with Crippen LogP contribution in [0.2, 0.25) is 0 Å². The first-order chi connectivity index (χ1) is 5.68. The molecule has 0 aromatic rings. The quantitative estimate of drug-likeness (QED) is 0.644. The zero-order valence-electron chi connectivity index (χ0n) is 8.77. The van der Waals surface area contributed by atoms with E-state index >= 15 is 0 Å². The summed E-state index contributed by atoms with van der Waals surface area (Å²) in [6.45, 7) is 8.11. The topological polar surface area (TPSA) is 12.0 Å². The van der Waals surface area contributed by atoms with Crippen molar-refractivity contribution in [2.75, 3.05) is 6.54 Å². The molecule has 1 heteroatoms. The van der Waals surface area contributed by atoms with E-state index in [0.29, 0.717) is 6.04 Å². The molecule has 0 aromatic carbocycles. The van der Waals surface area contributed by atoms with Gasteiger partial charge in [-0.3, -0.25) is 0 Å². The largest absolute Gasteiger partial charge is 0.314 e. The van der Waals surface area contributed by atoms with Crippen LogP contribution in [0.15, 0.2) is 0 Å². The van der Waals surface area contributed by atoms with Gasteiger partial charge in [0.2, 0.25) is 0 Å². The Labute approximate surface area is 76.9 Å². The van der Waals surface area contributed by atoms with Gasteiger partial charge in [0.25, 0.3) is 0 Å². The maximum atomic E-state index is 3.59. The zero-order chi connectivity index (χ0) is 8.97. The van der Waals surface area contributed by atoms with E-state index in [0.717, 1.165) is 11.8 Å². The van der Waals surface area contributed by atoms with Gasteiger partial charge in [-0.1, -0.05) is 26.7 Å². The van der Waals surface area contributed by atoms with Gasteiger partial charge in [-0.05, 0) is 38.1 Å². The van der Waals surface area contributed by atoms with Crippen molar-refractivity contribution in [3.05, 3.63) is 0 Å². The molecule has 12 heavy (non-hydrogen) atoms. The highest BCUT2D eigenvalue weighted by Crippen LogP contribution is 2.31. The van der Waals surface area contributed by atoms with Crippen LogP contribution >= 0.6 is 0 Å². The second-order valence-electron chi connectivity index (χ2n) is 4.72. The Morgan fingerprint density at radius 3 is 2.42 bits per heavy atom. The Morgan fingerprint density at radius 1 is 1.25 bits per heavy atom. The molecule has 0 saturated heterocycles. The molecular formula is C11H23N. The Bertz CT molecular complexity index is 116. The molecule has 0 aliphatic heterocycles. The Kier molecular flexibility index (Phi) is 4.07. The fourth-order valence-electron chi connectivity index (χ4n) is 1.73. The first-order valence-electron chi connectivity index (χ1n) is 5.42. The summed E-state index contributed by atoms with van der Waals surface area (Å²) in [5.41, 5.74) is 0. The van der Waals surface area contributed by atoms with Crippen LogP contribution in [-0.4, -0.2) is 12.6 Å². The minimum atomic E-state index is 0.712. The second kappa shape index (κ2) is 4.86. The van der Waals surface area contributed by atoms with Crippen LogP contribution < -0.4 is 5.32 Å². The van der Waals surface area contributed by atoms with Gasteiger partial charge in [-0.2, -0.15) is 0 Å². The maximum Gasteiger partial charge on any atom is 0.00411 e. The van der Waals surface area contributed by atoms with Gasteiger partial charge in [-0.25, -0.2) is 0 Å². The van der Waals surface area contributed by atoms with Crippen molar-refractivity contribution in [3.8, 4) is 0 Å². The fraction of sp³-hybridized carbons (Fsp3) is 1.00. The van der Waals surface area contributed by atoms with Crippen LogP contribution in [0.5, 0.6) is 0 Å². The van der Waals surface area contributed by atoms with Gasteiger partial charge in [0, 0.05) is 6.04 Å². The van der Waals surface area contributed by atoms with Crippen molar-refractivity contribution < 1.29 is 0 Å². The van der Waals surface area contributed by atoms with Crippen LogP contribution in [0.1, 0.15) is 46.5 Å². The molecule has 1 unspecified atom stereocenters. The van der Waals surface area contributed by atoms with Crippen molar-refractivity contribution in [1.82, 2.24) is 5.32 Å². The summed E-state index contributed by atoms with van der Waals surface area (Å²) in [7, 11) is 0. The van der Waals surface area contributed by atoms with Crippen molar-refractivity contribution in [2.45, 2.75) is 52.5 Å². The number of hydrogen-bond acceptors (Lipinski definition) is 1. The van der Waals surface area contributed by atoms with Crippen LogP contribution in [0.25, 0.3) is 0 Å². The minimum absolute atomic E-state index is 0.712. The lowest BCUT2D eigenvalue weighted by molar-refractivity contribution is 0.434. The SMILES string of the molecule is CC(C)CC(C)NCCC1CC1. The molecule has 1 fully saturated rings. The molecule has 1 atom stereocenters. The van der Waals surface area contributed by atoms with Crippen molar-refractivity contribution in [1.29, 1.82) is 0 Å². The van der Waals surface area contributed by atoms with E-state index < -0.39 is 0 Å². The third-order valence-corrected chi connectivity index (χ3v) is 2.57. The third kappa shape index (κ3) is 4.76. The van der Waals surface area contributed by atoms with E-state index in [1.54, 1.807) is 0 Å². The molecule has 0 spiro atoms. The zero-order valence-corrected chi connectivity index (χ0v) is 8.77. The molecule has 1 aliphatic carbocycles. The molecule has 0 heterocycles. The van der Waals surface area contributed by atoms with Crippen LogP contribution in [0.4, 0.5) is 0 Å². The predicted molar refractivity (Wildman–Crippen MR) is 54.3 cm³/mol. The van der Waals surface area contributed by atoms with E-state index in [1.165, 1.54) is 32.2 Å². The molecule has 1 saturated carbocycles. The van der Waals surface area contributed by atoms with E-state index in [9.17, 15) is 0 Å². The highest BCUT2D eigenvalue weighted by atomic mass is 14.9. The molecule has 0 amide bonds. The van der Waals surface area contributed by atoms with Gasteiger partial charge in [0.1, 0.15) is 0 Å². The fourth-order valence-corrected chi connectivity index (χ4v) is 1.73. The molecule has 0 bridgehead atoms. The summed E-state index contributed by atoms with van der Waals surface area (Å²) in [6, 6.07) is 0.712. The average Bonchev–Trinajstić information content (AvgIpc) is 2.69. The van der Waals surface area contributed by atoms with Gasteiger partial charge in [0.15, 0.2) is 0 Å². The molecule has 1 nitrogen and oxygen atoms in total. The van der Waals surface area contributed by atoms with Crippen molar-refractivity contribution >= 4 is 0 Å². The summed E-state index contributed by atoms with van der Waals surface area (Å²) >= 11 is 0. The van der Waals surface area contributed by atoms with Gasteiger partial charge in [0.05, 0.1) is 0 Å². The Morgan fingerprint density at radius 2 is 1.92 bits per heavy atom. The maximum absolute atomic E-state index is 3.59. The van der Waals surface area contributed by atoms with Crippen molar-refractivity contribution in [3.63, 3.8) is 0 Å². The van der Waals surface area contributed by atoms with E-state index in [4.69, 9.17) is 0 Å². The Balaban J connectivity index is 1.89. The summed E-state index contributed by atoms with van der Waals surface area (Å²) < 4.78 is 0. The number of hydrogen-bond donors (Lipinski definition) is 1. The smallest absolute Gasteiger partial charge is 0.00411 e. The normalized spacial score (nSPS) is 20.0. The molecule has 1 aliphatic rings. The molecule has 1 N–H and O–H groups in total. The number of nitrogens with one attached hydrogen (secondary N) is 1. The van der Waals surface area contributed by atoms with Gasteiger partial charge < -0.3 is 5.32 Å². The molecule has 0 aromatic heterocycles. The highest BCUT2D eigenvalue weighted by molar-refractivity contribution is 4.74. The number of rotatable bonds is 6. The first-order valence-corrected chi connectivity index (χ1v) is 5.42. The van der Waals surface area contributed by atoms with Gasteiger partial charge in [-0.15, -0.1) is 0 Å². The van der Waals surface area contributed by atoms with Gasteiger partial charge >= 0.3 is 0 Å². The first kappa shape index (κ1) is 10.0. The average molecular weight is 169 g/mol. The van der Waals surface area contributed by atoms with Crippen LogP contribution in [-0.2, 0) is 0 Å². The summed E-state index contributed by atoms with van der Waals surface area (Å²) in [4.78, 5) is 0. The predicted octanol–water partition coefficient (Wildman–Crippen LogP) is 2.81. The summed E-state index contributed by atoms with van der Waals surface area (Å²) in [5, 5.41) is 3.59. The highest BCUT2D eigenvalue weighted by Gasteiger charge is 2.20. The molecule has 72 valence electrons. The molecule has 0 radical (unpaired) electrons. The minimum Gasteiger partial charge on any atom is -0.314 e. The lowest BCUT2D eigenvalue weighted by atomic mass is 10.1. The van der Waals surface area contributed by atoms with E-state index in [1.807, 2.05) is 0 Å². The summed E-state index contributed by atoms with van der Waals surface area (Å²) in [6.07, 6.45) is 5.69. The third-order valence-electron chi connectivity index (χ3n) is 2.57. The lowest BCUT2D eigenvalue weighted by Gasteiger charge is -2.15. The molecule has 1 rings (SSSR count). The standard InChI is InChI=1S/C11H23N/c1-9(2)8-10(3)12-7-6-11-4-5-11/h9-12H,4-8H2,1-3H3. The van der Waals surface area contributed by atoms with E-state index in [-0.39, 0.29) is 0 Å². The lowest BCUT2D eigenvalue weighted by Crippen LogP contribution is -2.28. The van der Waals surface area contributed by atoms with Crippen LogP contribution in [0, 0.1) is 11.8 Å². The molecular weight excluding hydrogens is 146 g/mol. The Hall–Kier alpha value is -0.0400. The monoisotopic (exact) mass is 169 g/mol. The van der Waals surface area contributed by atoms with Crippen LogP contribution in [0.3, 0.4) is 0 Å². The van der Waals surface area contributed by atoms with Crippen molar-refractivity contribution in [2.24, 2.45) is 11.8 Å². The summed E-state index contributed by atoms with van der Waals surface area (Å²) in [5.74, 6) is 1.90. The van der Waals surface area contributed by atoms with E-state index in [2.05, 4.69) is 26.1 Å². The second-order valence-corrected chi connectivity index (χ2v) is 4.72.